The molecule has 0 saturated carbocycles. The van der Waals surface area contributed by atoms with Gasteiger partial charge < -0.3 is 4.90 Å². The Morgan fingerprint density at radius 1 is 1.33 bits per heavy atom. The van der Waals surface area contributed by atoms with E-state index < -0.39 is 0 Å². The Morgan fingerprint density at radius 2 is 2.08 bits per heavy atom. The molecule has 0 radical (unpaired) electrons. The molecule has 1 unspecified atom stereocenters. The molecule has 1 saturated heterocycles. The van der Waals surface area contributed by atoms with Crippen LogP contribution in [0.5, 0.6) is 0 Å². The van der Waals surface area contributed by atoms with Gasteiger partial charge in [-0.25, -0.2) is 4.98 Å². The van der Waals surface area contributed by atoms with Crippen LogP contribution in [-0.4, -0.2) is 34.7 Å². The standard InChI is InChI=1S/C19H30N2O2S/c1-13(2)10-18(23)21-9-5-6-15(11-21)19-20-16(12-24-19)7-8-17(22)14(3)4/h12-15H,5-11H2,1-4H3. The van der Waals surface area contributed by atoms with E-state index >= 15 is 0 Å². The number of rotatable bonds is 7. The third kappa shape index (κ3) is 5.40. The van der Waals surface area contributed by atoms with E-state index in [2.05, 4.69) is 19.2 Å². The number of Topliss-reactive ketones (excluding diaryl/α,β-unsaturated/α-hetero) is 1. The van der Waals surface area contributed by atoms with Crippen molar-refractivity contribution in [2.75, 3.05) is 13.1 Å². The van der Waals surface area contributed by atoms with Gasteiger partial charge in [0.15, 0.2) is 0 Å². The Kier molecular flexibility index (Phi) is 6.96. The molecule has 1 aliphatic heterocycles. The first-order chi connectivity index (χ1) is 11.4. The van der Waals surface area contributed by atoms with E-state index in [1.165, 1.54) is 0 Å². The van der Waals surface area contributed by atoms with Crippen molar-refractivity contribution in [1.29, 1.82) is 0 Å². The van der Waals surface area contributed by atoms with Crippen LogP contribution >= 0.6 is 11.3 Å². The molecule has 0 aromatic carbocycles. The minimum Gasteiger partial charge on any atom is -0.342 e. The molecule has 0 N–H and O–H groups in total. The molecule has 1 amide bonds. The lowest BCUT2D eigenvalue weighted by atomic mass is 9.97. The minimum atomic E-state index is 0.0991. The monoisotopic (exact) mass is 350 g/mol. The molecule has 2 heterocycles. The van der Waals surface area contributed by atoms with E-state index in [1.54, 1.807) is 11.3 Å². The summed E-state index contributed by atoms with van der Waals surface area (Å²) in [6.45, 7) is 9.74. The lowest BCUT2D eigenvalue weighted by Crippen LogP contribution is -2.39. The molecule has 1 aromatic rings. The average molecular weight is 351 g/mol. The van der Waals surface area contributed by atoms with Gasteiger partial charge in [-0.1, -0.05) is 27.7 Å². The summed E-state index contributed by atoms with van der Waals surface area (Å²) in [5, 5.41) is 3.21. The molecule has 0 spiro atoms. The van der Waals surface area contributed by atoms with Gasteiger partial charge in [-0.05, 0) is 25.2 Å². The number of aromatic nitrogens is 1. The van der Waals surface area contributed by atoms with Gasteiger partial charge in [0.1, 0.15) is 5.78 Å². The summed E-state index contributed by atoms with van der Waals surface area (Å²) in [5.41, 5.74) is 1.02. The smallest absolute Gasteiger partial charge is 0.222 e. The van der Waals surface area contributed by atoms with Gasteiger partial charge in [0, 0.05) is 43.1 Å². The summed E-state index contributed by atoms with van der Waals surface area (Å²) in [5.74, 6) is 1.43. The number of hydrogen-bond acceptors (Lipinski definition) is 4. The van der Waals surface area contributed by atoms with Crippen molar-refractivity contribution in [3.8, 4) is 0 Å². The first-order valence-corrected chi connectivity index (χ1v) is 9.99. The van der Waals surface area contributed by atoms with E-state index in [0.29, 0.717) is 30.5 Å². The maximum absolute atomic E-state index is 12.3. The van der Waals surface area contributed by atoms with E-state index in [-0.39, 0.29) is 11.8 Å². The van der Waals surface area contributed by atoms with Crippen molar-refractivity contribution < 1.29 is 9.59 Å². The molecule has 1 fully saturated rings. The average Bonchev–Trinajstić information content (AvgIpc) is 3.01. The summed E-state index contributed by atoms with van der Waals surface area (Å²) in [6.07, 6.45) is 4.09. The normalized spacial score (nSPS) is 18.4. The van der Waals surface area contributed by atoms with Gasteiger partial charge in [-0.15, -0.1) is 11.3 Å². The van der Waals surface area contributed by atoms with Crippen molar-refractivity contribution >= 4 is 23.0 Å². The van der Waals surface area contributed by atoms with Crippen molar-refractivity contribution in [3.63, 3.8) is 0 Å². The number of amides is 1. The van der Waals surface area contributed by atoms with Crippen LogP contribution in [0.3, 0.4) is 0 Å². The van der Waals surface area contributed by atoms with Crippen LogP contribution in [0.2, 0.25) is 0 Å². The van der Waals surface area contributed by atoms with Crippen LogP contribution in [0.15, 0.2) is 5.38 Å². The van der Waals surface area contributed by atoms with Gasteiger partial charge in [0.05, 0.1) is 10.7 Å². The number of hydrogen-bond donors (Lipinski definition) is 0. The predicted molar refractivity (Wildman–Crippen MR) is 98.3 cm³/mol. The number of aryl methyl sites for hydroxylation is 1. The molecule has 1 aromatic heterocycles. The summed E-state index contributed by atoms with van der Waals surface area (Å²) in [4.78, 5) is 30.8. The highest BCUT2D eigenvalue weighted by Crippen LogP contribution is 2.30. The molecule has 0 aliphatic carbocycles. The van der Waals surface area contributed by atoms with Crippen LogP contribution in [0, 0.1) is 11.8 Å². The fourth-order valence-electron chi connectivity index (χ4n) is 3.05. The second-order valence-corrected chi connectivity index (χ2v) is 8.46. The highest BCUT2D eigenvalue weighted by atomic mass is 32.1. The fraction of sp³-hybridized carbons (Fsp3) is 0.737. The Morgan fingerprint density at radius 3 is 2.75 bits per heavy atom. The number of piperidine rings is 1. The molecule has 1 atom stereocenters. The number of carbonyl (C=O) groups is 2. The largest absolute Gasteiger partial charge is 0.342 e. The Balaban J connectivity index is 1.92. The number of nitrogens with zero attached hydrogens (tertiary/aromatic N) is 2. The molecule has 0 bridgehead atoms. The van der Waals surface area contributed by atoms with Crippen molar-refractivity contribution in [1.82, 2.24) is 9.88 Å². The first-order valence-electron chi connectivity index (χ1n) is 9.11. The third-order valence-electron chi connectivity index (χ3n) is 4.55. The third-order valence-corrected chi connectivity index (χ3v) is 5.60. The maximum Gasteiger partial charge on any atom is 0.222 e. The predicted octanol–water partition coefficient (Wildman–Crippen LogP) is 4.05. The van der Waals surface area contributed by atoms with E-state index in [1.807, 2.05) is 18.7 Å². The van der Waals surface area contributed by atoms with Crippen molar-refractivity contribution in [3.05, 3.63) is 16.1 Å². The fourth-order valence-corrected chi connectivity index (χ4v) is 4.03. The van der Waals surface area contributed by atoms with Gasteiger partial charge in [-0.3, -0.25) is 9.59 Å². The second-order valence-electron chi connectivity index (χ2n) is 7.57. The summed E-state index contributed by atoms with van der Waals surface area (Å²) in [7, 11) is 0. The molecule has 4 nitrogen and oxygen atoms in total. The van der Waals surface area contributed by atoms with Gasteiger partial charge >= 0.3 is 0 Å². The molecular formula is C19H30N2O2S. The molecule has 5 heteroatoms. The summed E-state index contributed by atoms with van der Waals surface area (Å²) in [6, 6.07) is 0. The summed E-state index contributed by atoms with van der Waals surface area (Å²) < 4.78 is 0. The minimum absolute atomic E-state index is 0.0991. The first kappa shape index (κ1) is 19.1. The highest BCUT2D eigenvalue weighted by molar-refractivity contribution is 7.09. The Labute approximate surface area is 149 Å². The molecule has 24 heavy (non-hydrogen) atoms. The number of likely N-dealkylation sites (tertiary alicyclic amines) is 1. The zero-order valence-electron chi connectivity index (χ0n) is 15.4. The highest BCUT2D eigenvalue weighted by Gasteiger charge is 2.26. The quantitative estimate of drug-likeness (QED) is 0.745. The van der Waals surface area contributed by atoms with Crippen molar-refractivity contribution in [2.24, 2.45) is 11.8 Å². The Bertz CT molecular complexity index is 565. The number of ketones is 1. The van der Waals surface area contributed by atoms with Crippen LogP contribution in [0.25, 0.3) is 0 Å². The zero-order valence-corrected chi connectivity index (χ0v) is 16.2. The summed E-state index contributed by atoms with van der Waals surface area (Å²) >= 11 is 1.68. The molecular weight excluding hydrogens is 320 g/mol. The molecule has 2 rings (SSSR count). The molecule has 1 aliphatic rings. The van der Waals surface area contributed by atoms with Crippen LogP contribution in [0.1, 0.15) is 70.0 Å². The lowest BCUT2D eigenvalue weighted by Gasteiger charge is -2.32. The van der Waals surface area contributed by atoms with E-state index in [4.69, 9.17) is 4.98 Å². The van der Waals surface area contributed by atoms with Gasteiger partial charge in [0.25, 0.3) is 0 Å². The Hall–Kier alpha value is -1.23. The maximum atomic E-state index is 12.3. The van der Waals surface area contributed by atoms with Gasteiger partial charge in [0.2, 0.25) is 5.91 Å². The second kappa shape index (κ2) is 8.75. The van der Waals surface area contributed by atoms with Crippen LogP contribution < -0.4 is 0 Å². The zero-order chi connectivity index (χ0) is 17.7. The number of carbonyl (C=O) groups excluding carboxylic acids is 2. The van der Waals surface area contributed by atoms with E-state index in [0.717, 1.165) is 43.1 Å². The SMILES string of the molecule is CC(C)CC(=O)N1CCCC(c2nc(CCC(=O)C(C)C)cs2)C1. The van der Waals surface area contributed by atoms with Crippen LogP contribution in [0.4, 0.5) is 0 Å². The molecule has 134 valence electrons. The van der Waals surface area contributed by atoms with Gasteiger partial charge in [-0.2, -0.15) is 0 Å². The van der Waals surface area contributed by atoms with E-state index in [9.17, 15) is 9.59 Å². The van der Waals surface area contributed by atoms with Crippen molar-refractivity contribution in [2.45, 2.75) is 65.7 Å². The lowest BCUT2D eigenvalue weighted by molar-refractivity contribution is -0.133. The topological polar surface area (TPSA) is 50.3 Å². The number of thiazole rings is 1. The van der Waals surface area contributed by atoms with Crippen LogP contribution in [-0.2, 0) is 16.0 Å².